The maximum Gasteiger partial charge on any atom is 0.220 e. The molecule has 5 rings (SSSR count). The molecule has 5 N–H and O–H groups in total. The summed E-state index contributed by atoms with van der Waals surface area (Å²) >= 11 is 0. The summed E-state index contributed by atoms with van der Waals surface area (Å²) < 4.78 is 0. The first kappa shape index (κ1) is 20.1. The lowest BCUT2D eigenvalue weighted by atomic mass is 9.87. The molecule has 1 saturated carbocycles. The van der Waals surface area contributed by atoms with E-state index in [0.29, 0.717) is 11.5 Å². The van der Waals surface area contributed by atoms with Gasteiger partial charge in [-0.05, 0) is 55.5 Å². The summed E-state index contributed by atoms with van der Waals surface area (Å²) in [5.41, 5.74) is 15.2. The maximum absolute atomic E-state index is 10.1. The van der Waals surface area contributed by atoms with Crippen LogP contribution in [0.4, 0.5) is 5.69 Å². The minimum absolute atomic E-state index is 0.171. The number of pyridine rings is 1. The molecule has 1 aliphatic carbocycles. The number of fused-ring (bicyclic) bond motifs is 1. The highest BCUT2D eigenvalue weighted by Crippen LogP contribution is 2.40. The highest BCUT2D eigenvalue weighted by molar-refractivity contribution is 6.06. The summed E-state index contributed by atoms with van der Waals surface area (Å²) in [5, 5.41) is 11.0. The average molecular weight is 427 g/mol. The molecule has 0 unspecified atom stereocenters. The molecule has 162 valence electrons. The van der Waals surface area contributed by atoms with Gasteiger partial charge in [0.15, 0.2) is 0 Å². The number of anilines is 1. The van der Waals surface area contributed by atoms with Crippen molar-refractivity contribution in [2.24, 2.45) is 21.5 Å². The Morgan fingerprint density at radius 2 is 1.72 bits per heavy atom. The number of guanidine groups is 2. The van der Waals surface area contributed by atoms with Gasteiger partial charge in [-0.15, -0.1) is 0 Å². The number of nitrogens with two attached hydrogens (primary N) is 2. The Morgan fingerprint density at radius 3 is 2.56 bits per heavy atom. The summed E-state index contributed by atoms with van der Waals surface area (Å²) in [5.74, 6) is 0.785. The van der Waals surface area contributed by atoms with Gasteiger partial charge in [0.25, 0.3) is 0 Å². The van der Waals surface area contributed by atoms with Crippen molar-refractivity contribution in [3.05, 3.63) is 65.9 Å². The summed E-state index contributed by atoms with van der Waals surface area (Å²) in [6, 6.07) is 17.3. The van der Waals surface area contributed by atoms with Crippen LogP contribution in [-0.4, -0.2) is 27.7 Å². The van der Waals surface area contributed by atoms with E-state index in [0.717, 1.165) is 48.0 Å². The number of phenols is 1. The fourth-order valence-corrected chi connectivity index (χ4v) is 4.72. The molecule has 2 aliphatic rings. The molecule has 1 aliphatic heterocycles. The minimum atomic E-state index is -0.495. The Kier molecular flexibility index (Phi) is 5.01. The molecular formula is C25H26N6O. The van der Waals surface area contributed by atoms with Crippen LogP contribution in [0.15, 0.2) is 64.6 Å². The van der Waals surface area contributed by atoms with Crippen molar-refractivity contribution in [2.75, 3.05) is 4.90 Å². The first-order valence-corrected chi connectivity index (χ1v) is 10.9. The number of hydrogen-bond donors (Lipinski definition) is 3. The Balaban J connectivity index is 1.54. The van der Waals surface area contributed by atoms with Crippen LogP contribution >= 0.6 is 0 Å². The number of aliphatic imine (C=N–C) groups is 2. The maximum atomic E-state index is 10.1. The zero-order chi connectivity index (χ0) is 22.1. The van der Waals surface area contributed by atoms with Crippen molar-refractivity contribution in [1.29, 1.82) is 0 Å². The zero-order valence-corrected chi connectivity index (χ0v) is 17.8. The molecule has 7 heteroatoms. The molecule has 32 heavy (non-hydrogen) atoms. The van der Waals surface area contributed by atoms with Crippen molar-refractivity contribution in [1.82, 2.24) is 4.98 Å². The van der Waals surface area contributed by atoms with Crippen LogP contribution in [0, 0.1) is 0 Å². The average Bonchev–Trinajstić information content (AvgIpc) is 2.79. The third-order valence-electron chi connectivity index (χ3n) is 6.18. The number of benzene rings is 2. The van der Waals surface area contributed by atoms with Crippen LogP contribution in [0.1, 0.15) is 43.4 Å². The molecule has 3 aromatic rings. The number of nitrogens with zero attached hydrogens (tertiary/aromatic N) is 4. The van der Waals surface area contributed by atoms with E-state index in [4.69, 9.17) is 16.5 Å². The standard InChI is InChI=1S/C25H26N6O/c26-23-29-24(27)31(25(30-23)15-4-1-5-16-25)20-9-3-2-7-17(20)11-13-19-14-12-18-8-6-10-21(32)22(18)28-19/h2-3,6-14,32H,1,4-5,15-16H2,(H4,26,27,29,30). The topological polar surface area (TPSA) is 113 Å². The lowest BCUT2D eigenvalue weighted by Gasteiger charge is -2.46. The molecule has 1 spiro atoms. The number of aromatic hydroxyl groups is 1. The second-order valence-corrected chi connectivity index (χ2v) is 8.30. The van der Waals surface area contributed by atoms with E-state index in [9.17, 15) is 5.11 Å². The van der Waals surface area contributed by atoms with Crippen LogP contribution < -0.4 is 16.4 Å². The minimum Gasteiger partial charge on any atom is -0.506 e. The van der Waals surface area contributed by atoms with E-state index >= 15 is 0 Å². The SMILES string of the molecule is NC1=NC2(CCCCC2)N(c2ccccc2C=Cc2ccc3cccc(O)c3n2)C(N)=N1. The number of aromatic nitrogens is 1. The van der Waals surface area contributed by atoms with Gasteiger partial charge in [0, 0.05) is 5.39 Å². The van der Waals surface area contributed by atoms with Crippen molar-refractivity contribution in [2.45, 2.75) is 37.8 Å². The van der Waals surface area contributed by atoms with Crippen molar-refractivity contribution in [3.8, 4) is 5.75 Å². The van der Waals surface area contributed by atoms with Crippen molar-refractivity contribution < 1.29 is 5.11 Å². The molecule has 0 saturated heterocycles. The van der Waals surface area contributed by atoms with Gasteiger partial charge >= 0.3 is 0 Å². The fourth-order valence-electron chi connectivity index (χ4n) is 4.72. The van der Waals surface area contributed by atoms with Crippen molar-refractivity contribution >= 4 is 40.7 Å². The molecule has 0 amide bonds. The summed E-state index contributed by atoms with van der Waals surface area (Å²) in [7, 11) is 0. The van der Waals surface area contributed by atoms with Gasteiger partial charge < -0.3 is 16.6 Å². The predicted molar refractivity (Wildman–Crippen MR) is 130 cm³/mol. The second kappa shape index (κ2) is 8.00. The Labute approximate surface area is 186 Å². The lowest BCUT2D eigenvalue weighted by molar-refractivity contribution is 0.305. The normalized spacial score (nSPS) is 18.2. The van der Waals surface area contributed by atoms with Crippen LogP contribution in [0.2, 0.25) is 0 Å². The molecule has 2 heterocycles. The van der Waals surface area contributed by atoms with Crippen LogP contribution in [0.5, 0.6) is 5.75 Å². The van der Waals surface area contributed by atoms with Gasteiger partial charge in [-0.2, -0.15) is 4.99 Å². The van der Waals surface area contributed by atoms with Gasteiger partial charge in [-0.25, -0.2) is 9.98 Å². The first-order chi connectivity index (χ1) is 15.6. The van der Waals surface area contributed by atoms with Gasteiger partial charge in [0.05, 0.1) is 11.4 Å². The van der Waals surface area contributed by atoms with Gasteiger partial charge in [-0.3, -0.25) is 4.90 Å². The molecule has 0 bridgehead atoms. The van der Waals surface area contributed by atoms with Gasteiger partial charge in [0.1, 0.15) is 16.9 Å². The molecule has 1 fully saturated rings. The first-order valence-electron chi connectivity index (χ1n) is 10.9. The number of phenolic OH excluding ortho intramolecular Hbond substituents is 1. The second-order valence-electron chi connectivity index (χ2n) is 8.30. The predicted octanol–water partition coefficient (Wildman–Crippen LogP) is 4.22. The Morgan fingerprint density at radius 1 is 0.906 bits per heavy atom. The summed E-state index contributed by atoms with van der Waals surface area (Å²) in [4.78, 5) is 15.7. The van der Waals surface area contributed by atoms with E-state index in [-0.39, 0.29) is 11.7 Å². The molecule has 1 aromatic heterocycles. The third-order valence-corrected chi connectivity index (χ3v) is 6.18. The molecule has 2 aromatic carbocycles. The lowest BCUT2D eigenvalue weighted by Crippen LogP contribution is -2.58. The quantitative estimate of drug-likeness (QED) is 0.580. The number of para-hydroxylation sites is 2. The third kappa shape index (κ3) is 3.56. The van der Waals surface area contributed by atoms with Gasteiger partial charge in [-0.1, -0.05) is 48.9 Å². The molecule has 0 radical (unpaired) electrons. The highest BCUT2D eigenvalue weighted by Gasteiger charge is 2.43. The number of rotatable bonds is 3. The summed E-state index contributed by atoms with van der Waals surface area (Å²) in [6.45, 7) is 0. The highest BCUT2D eigenvalue weighted by atomic mass is 16.3. The van der Waals surface area contributed by atoms with Crippen LogP contribution in [0.25, 0.3) is 23.1 Å². The Bertz CT molecular complexity index is 1260. The van der Waals surface area contributed by atoms with E-state index in [2.05, 4.69) is 9.98 Å². The van der Waals surface area contributed by atoms with E-state index in [1.54, 1.807) is 6.07 Å². The zero-order valence-electron chi connectivity index (χ0n) is 17.8. The Hall–Kier alpha value is -3.87. The van der Waals surface area contributed by atoms with Crippen molar-refractivity contribution in [3.63, 3.8) is 0 Å². The fraction of sp³-hybridized carbons (Fsp3) is 0.240. The largest absolute Gasteiger partial charge is 0.506 e. The molecular weight excluding hydrogens is 400 g/mol. The molecule has 0 atom stereocenters. The van der Waals surface area contributed by atoms with Crippen LogP contribution in [-0.2, 0) is 0 Å². The van der Waals surface area contributed by atoms with Gasteiger partial charge in [0.2, 0.25) is 11.9 Å². The smallest absolute Gasteiger partial charge is 0.220 e. The van der Waals surface area contributed by atoms with E-state index in [1.165, 1.54) is 6.42 Å². The van der Waals surface area contributed by atoms with Crippen LogP contribution in [0.3, 0.4) is 0 Å². The number of hydrogen-bond acceptors (Lipinski definition) is 7. The molecule has 7 nitrogen and oxygen atoms in total. The summed E-state index contributed by atoms with van der Waals surface area (Å²) in [6.07, 6.45) is 9.04. The van der Waals surface area contributed by atoms with E-state index in [1.807, 2.05) is 65.6 Å². The van der Waals surface area contributed by atoms with E-state index < -0.39 is 5.66 Å². The monoisotopic (exact) mass is 426 g/mol.